The van der Waals surface area contributed by atoms with Gasteiger partial charge in [-0.05, 0) is 68.8 Å². The van der Waals surface area contributed by atoms with Crippen LogP contribution in [-0.4, -0.2) is 36.8 Å². The highest BCUT2D eigenvalue weighted by Crippen LogP contribution is 2.42. The van der Waals surface area contributed by atoms with Crippen LogP contribution in [0.15, 0.2) is 24.3 Å². The van der Waals surface area contributed by atoms with Crippen molar-refractivity contribution in [2.45, 2.75) is 63.4 Å². The van der Waals surface area contributed by atoms with Gasteiger partial charge < -0.3 is 14.7 Å². The first-order valence-electron chi connectivity index (χ1n) is 9.81. The van der Waals surface area contributed by atoms with Crippen molar-refractivity contribution in [3.63, 3.8) is 0 Å². The maximum Gasteiger partial charge on any atom is 0.118 e. The van der Waals surface area contributed by atoms with Crippen molar-refractivity contribution in [3.8, 4) is 5.75 Å². The number of likely N-dealkylation sites (tertiary alicyclic amines) is 1. The van der Waals surface area contributed by atoms with E-state index in [4.69, 9.17) is 4.74 Å². The maximum absolute atomic E-state index is 11.7. The van der Waals surface area contributed by atoms with Crippen LogP contribution >= 0.6 is 0 Å². The minimum absolute atomic E-state index is 0.393. The second-order valence-corrected chi connectivity index (χ2v) is 7.64. The Morgan fingerprint density at radius 1 is 1.00 bits per heavy atom. The van der Waals surface area contributed by atoms with Crippen LogP contribution in [-0.2, 0) is 5.60 Å². The molecule has 3 rings (SSSR count). The first-order chi connectivity index (χ1) is 11.7. The van der Waals surface area contributed by atoms with Crippen LogP contribution in [0, 0.1) is 5.92 Å². The molecule has 0 unspecified atom stereocenters. The van der Waals surface area contributed by atoms with Crippen molar-refractivity contribution >= 4 is 0 Å². The van der Waals surface area contributed by atoms with Gasteiger partial charge in [0.2, 0.25) is 0 Å². The van der Waals surface area contributed by atoms with E-state index in [1.807, 2.05) is 12.1 Å². The van der Waals surface area contributed by atoms with Crippen LogP contribution in [0.2, 0.25) is 0 Å². The lowest BCUT2D eigenvalue weighted by molar-refractivity contribution is -0.0529. The van der Waals surface area contributed by atoms with Crippen LogP contribution in [0.3, 0.4) is 0 Å². The summed E-state index contributed by atoms with van der Waals surface area (Å²) in [5, 5.41) is 11.7. The van der Waals surface area contributed by atoms with Crippen molar-refractivity contribution in [2.75, 3.05) is 26.7 Å². The van der Waals surface area contributed by atoms with Crippen molar-refractivity contribution in [1.82, 2.24) is 4.90 Å². The molecule has 2 aliphatic rings. The largest absolute Gasteiger partial charge is 0.497 e. The molecular formula is C21H33NO2. The van der Waals surface area contributed by atoms with Crippen LogP contribution in [0.1, 0.15) is 63.4 Å². The number of nitrogens with zero attached hydrogens (tertiary/aromatic N) is 1. The molecule has 134 valence electrons. The SMILES string of the molecule is COc1ccc([C@](O)(CCN2CCCCC2)C2CCCCC2)cc1. The molecule has 1 aliphatic carbocycles. The Labute approximate surface area is 147 Å². The number of piperidine rings is 1. The Morgan fingerprint density at radius 2 is 1.62 bits per heavy atom. The second-order valence-electron chi connectivity index (χ2n) is 7.64. The number of methoxy groups -OCH3 is 1. The molecule has 3 heteroatoms. The maximum atomic E-state index is 11.7. The van der Waals surface area contributed by atoms with Gasteiger partial charge in [0.15, 0.2) is 0 Å². The summed E-state index contributed by atoms with van der Waals surface area (Å²) in [5.41, 5.74) is 0.386. The van der Waals surface area contributed by atoms with Crippen molar-refractivity contribution < 1.29 is 9.84 Å². The molecule has 1 heterocycles. The van der Waals surface area contributed by atoms with Gasteiger partial charge in [0, 0.05) is 6.54 Å². The second kappa shape index (κ2) is 8.35. The van der Waals surface area contributed by atoms with E-state index >= 15 is 0 Å². The summed E-state index contributed by atoms with van der Waals surface area (Å²) >= 11 is 0. The summed E-state index contributed by atoms with van der Waals surface area (Å²) in [6.45, 7) is 3.41. The minimum atomic E-state index is -0.690. The van der Waals surface area contributed by atoms with E-state index in [0.717, 1.165) is 37.1 Å². The van der Waals surface area contributed by atoms with Gasteiger partial charge >= 0.3 is 0 Å². The molecular weight excluding hydrogens is 298 g/mol. The van der Waals surface area contributed by atoms with Gasteiger partial charge in [-0.15, -0.1) is 0 Å². The van der Waals surface area contributed by atoms with E-state index in [1.54, 1.807) is 7.11 Å². The van der Waals surface area contributed by atoms with Crippen LogP contribution in [0.5, 0.6) is 5.75 Å². The highest BCUT2D eigenvalue weighted by atomic mass is 16.5. The summed E-state index contributed by atoms with van der Waals surface area (Å²) in [6.07, 6.45) is 11.0. The Hall–Kier alpha value is -1.06. The molecule has 1 atom stereocenters. The molecule has 24 heavy (non-hydrogen) atoms. The number of rotatable bonds is 6. The highest BCUT2D eigenvalue weighted by molar-refractivity contribution is 5.31. The fourth-order valence-electron chi connectivity index (χ4n) is 4.56. The zero-order valence-electron chi connectivity index (χ0n) is 15.2. The summed E-state index contributed by atoms with van der Waals surface area (Å²) in [4.78, 5) is 2.54. The first-order valence-corrected chi connectivity index (χ1v) is 9.81. The molecule has 1 aliphatic heterocycles. The predicted molar refractivity (Wildman–Crippen MR) is 98.4 cm³/mol. The summed E-state index contributed by atoms with van der Waals surface area (Å²) in [6, 6.07) is 8.13. The summed E-state index contributed by atoms with van der Waals surface area (Å²) in [5.74, 6) is 1.25. The zero-order valence-corrected chi connectivity index (χ0v) is 15.2. The van der Waals surface area contributed by atoms with Crippen molar-refractivity contribution in [2.24, 2.45) is 5.92 Å². The third-order valence-electron chi connectivity index (χ3n) is 6.13. The zero-order chi connectivity index (χ0) is 16.8. The lowest BCUT2D eigenvalue weighted by Gasteiger charge is -2.41. The molecule has 1 aromatic carbocycles. The van der Waals surface area contributed by atoms with Crippen LogP contribution in [0.4, 0.5) is 0 Å². The lowest BCUT2D eigenvalue weighted by atomic mass is 9.71. The highest BCUT2D eigenvalue weighted by Gasteiger charge is 2.39. The molecule has 1 N–H and O–H groups in total. The van der Waals surface area contributed by atoms with Gasteiger partial charge in [-0.3, -0.25) is 0 Å². The average molecular weight is 332 g/mol. The Kier molecular flexibility index (Phi) is 6.18. The van der Waals surface area contributed by atoms with E-state index in [-0.39, 0.29) is 0 Å². The van der Waals surface area contributed by atoms with E-state index in [1.165, 1.54) is 51.6 Å². The number of hydrogen-bond acceptors (Lipinski definition) is 3. The molecule has 1 saturated heterocycles. The van der Waals surface area contributed by atoms with E-state index in [9.17, 15) is 5.11 Å². The molecule has 0 radical (unpaired) electrons. The molecule has 2 fully saturated rings. The number of benzene rings is 1. The number of ether oxygens (including phenoxy) is 1. The Balaban J connectivity index is 1.76. The van der Waals surface area contributed by atoms with Crippen LogP contribution in [0.25, 0.3) is 0 Å². The predicted octanol–water partition coefficient (Wildman–Crippen LogP) is 4.34. The fourth-order valence-corrected chi connectivity index (χ4v) is 4.56. The van der Waals surface area contributed by atoms with Gasteiger partial charge in [0.1, 0.15) is 5.75 Å². The molecule has 0 spiro atoms. The first kappa shape index (κ1) is 17.8. The molecule has 1 saturated carbocycles. The average Bonchev–Trinajstić information content (AvgIpc) is 2.68. The van der Waals surface area contributed by atoms with Gasteiger partial charge in [-0.2, -0.15) is 0 Å². The van der Waals surface area contributed by atoms with Gasteiger partial charge in [-0.25, -0.2) is 0 Å². The van der Waals surface area contributed by atoms with Gasteiger partial charge in [0.25, 0.3) is 0 Å². The smallest absolute Gasteiger partial charge is 0.118 e. The molecule has 0 bridgehead atoms. The molecule has 1 aromatic rings. The van der Waals surface area contributed by atoms with Crippen molar-refractivity contribution in [3.05, 3.63) is 29.8 Å². The van der Waals surface area contributed by atoms with Crippen LogP contribution < -0.4 is 4.74 Å². The minimum Gasteiger partial charge on any atom is -0.497 e. The Morgan fingerprint density at radius 3 is 2.25 bits per heavy atom. The number of aliphatic hydroxyl groups is 1. The van der Waals surface area contributed by atoms with Gasteiger partial charge in [0.05, 0.1) is 12.7 Å². The van der Waals surface area contributed by atoms with Crippen molar-refractivity contribution in [1.29, 1.82) is 0 Å². The lowest BCUT2D eigenvalue weighted by Crippen LogP contribution is -2.41. The monoisotopic (exact) mass is 331 g/mol. The van der Waals surface area contributed by atoms with Gasteiger partial charge in [-0.1, -0.05) is 37.8 Å². The quantitative estimate of drug-likeness (QED) is 0.842. The molecule has 0 aromatic heterocycles. The third kappa shape index (κ3) is 4.12. The number of hydrogen-bond donors (Lipinski definition) is 1. The topological polar surface area (TPSA) is 32.7 Å². The van der Waals surface area contributed by atoms with E-state index in [2.05, 4.69) is 17.0 Å². The fraction of sp³-hybridized carbons (Fsp3) is 0.714. The Bertz CT molecular complexity index is 489. The van der Waals surface area contributed by atoms with E-state index in [0.29, 0.717) is 5.92 Å². The van der Waals surface area contributed by atoms with E-state index < -0.39 is 5.60 Å². The molecule has 3 nitrogen and oxygen atoms in total. The summed E-state index contributed by atoms with van der Waals surface area (Å²) in [7, 11) is 1.69. The normalized spacial score (nSPS) is 22.9. The molecule has 0 amide bonds. The third-order valence-corrected chi connectivity index (χ3v) is 6.13. The standard InChI is InChI=1S/C21H33NO2/c1-24-20-12-10-19(11-13-20)21(23,18-8-4-2-5-9-18)14-17-22-15-6-3-7-16-22/h10-13,18,23H,2-9,14-17H2,1H3/t21-/m0/s1. The summed E-state index contributed by atoms with van der Waals surface area (Å²) < 4.78 is 5.29.